The van der Waals surface area contributed by atoms with Gasteiger partial charge in [-0.3, -0.25) is 4.79 Å². The second-order valence-corrected chi connectivity index (χ2v) is 8.63. The van der Waals surface area contributed by atoms with Crippen LogP contribution < -0.4 is 9.47 Å². The van der Waals surface area contributed by atoms with Gasteiger partial charge >= 0.3 is 0 Å². The minimum atomic E-state index is -0.0273. The van der Waals surface area contributed by atoms with Crippen molar-refractivity contribution in [3.8, 4) is 11.5 Å². The van der Waals surface area contributed by atoms with Gasteiger partial charge in [0.1, 0.15) is 18.1 Å². The largest absolute Gasteiger partial charge is 0.496 e. The molecule has 3 aromatic rings. The number of ketones is 1. The van der Waals surface area contributed by atoms with Gasteiger partial charge in [0.25, 0.3) is 0 Å². The first-order valence-electron chi connectivity index (χ1n) is 10.7. The van der Waals surface area contributed by atoms with Crippen molar-refractivity contribution < 1.29 is 14.3 Å². The molecule has 3 rings (SSSR count). The average molecular weight is 449 g/mol. The fourth-order valence-corrected chi connectivity index (χ4v) is 3.66. The van der Waals surface area contributed by atoms with E-state index in [-0.39, 0.29) is 11.7 Å². The van der Waals surface area contributed by atoms with E-state index < -0.39 is 0 Å². The predicted octanol–water partition coefficient (Wildman–Crippen LogP) is 7.56. The van der Waals surface area contributed by atoms with E-state index >= 15 is 0 Å². The van der Waals surface area contributed by atoms with Crippen LogP contribution in [0.2, 0.25) is 5.02 Å². The van der Waals surface area contributed by atoms with Crippen molar-refractivity contribution in [2.75, 3.05) is 7.11 Å². The normalized spacial score (nSPS) is 11.2. The fraction of sp³-hybridized carbons (Fsp3) is 0.250. The topological polar surface area (TPSA) is 35.5 Å². The Hall–Kier alpha value is -3.04. The van der Waals surface area contributed by atoms with Crippen LogP contribution in [-0.2, 0) is 6.61 Å². The molecule has 0 saturated carbocycles. The number of benzene rings is 3. The summed E-state index contributed by atoms with van der Waals surface area (Å²) < 4.78 is 11.7. The Morgan fingerprint density at radius 3 is 2.50 bits per heavy atom. The summed E-state index contributed by atoms with van der Waals surface area (Å²) in [6.07, 6.45) is 3.42. The van der Waals surface area contributed by atoms with Gasteiger partial charge in [-0.1, -0.05) is 61.4 Å². The molecule has 0 amide bonds. The Labute approximate surface area is 195 Å². The van der Waals surface area contributed by atoms with E-state index in [4.69, 9.17) is 21.1 Å². The highest BCUT2D eigenvalue weighted by atomic mass is 35.5. The van der Waals surface area contributed by atoms with Crippen molar-refractivity contribution in [2.24, 2.45) is 0 Å². The second-order valence-electron chi connectivity index (χ2n) is 8.22. The van der Waals surface area contributed by atoms with E-state index in [2.05, 4.69) is 13.8 Å². The lowest BCUT2D eigenvalue weighted by atomic mass is 10.0. The van der Waals surface area contributed by atoms with Gasteiger partial charge in [0, 0.05) is 16.1 Å². The van der Waals surface area contributed by atoms with Gasteiger partial charge < -0.3 is 9.47 Å². The van der Waals surface area contributed by atoms with Crippen LogP contribution in [0.15, 0.2) is 60.7 Å². The summed E-state index contributed by atoms with van der Waals surface area (Å²) in [5.74, 6) is 1.82. The maximum atomic E-state index is 12.5. The first-order chi connectivity index (χ1) is 15.3. The number of methoxy groups -OCH3 is 1. The highest BCUT2D eigenvalue weighted by Crippen LogP contribution is 2.33. The Morgan fingerprint density at radius 2 is 1.81 bits per heavy atom. The van der Waals surface area contributed by atoms with Crippen LogP contribution in [0.5, 0.6) is 11.5 Å². The van der Waals surface area contributed by atoms with E-state index in [0.29, 0.717) is 12.2 Å². The highest BCUT2D eigenvalue weighted by molar-refractivity contribution is 6.31. The quantitative estimate of drug-likeness (QED) is 0.263. The van der Waals surface area contributed by atoms with E-state index in [1.54, 1.807) is 13.2 Å². The number of ether oxygens (including phenoxy) is 2. The SMILES string of the molecule is COc1ccc(/C=C/C(=O)c2cccc(C)c2)cc1COc1cc(C)c(Cl)cc1C(C)C. The van der Waals surface area contributed by atoms with Crippen LogP contribution in [0, 0.1) is 13.8 Å². The van der Waals surface area contributed by atoms with Crippen LogP contribution in [0.1, 0.15) is 57.9 Å². The predicted molar refractivity (Wildman–Crippen MR) is 132 cm³/mol. The Kier molecular flexibility index (Phi) is 7.76. The lowest BCUT2D eigenvalue weighted by molar-refractivity contribution is 0.104. The van der Waals surface area contributed by atoms with Gasteiger partial charge in [-0.2, -0.15) is 0 Å². The summed E-state index contributed by atoms with van der Waals surface area (Å²) in [4.78, 5) is 12.5. The molecule has 0 atom stereocenters. The van der Waals surface area contributed by atoms with E-state index in [1.165, 1.54) is 0 Å². The molecule has 32 heavy (non-hydrogen) atoms. The van der Waals surface area contributed by atoms with E-state index in [9.17, 15) is 4.79 Å². The molecule has 0 aliphatic rings. The van der Waals surface area contributed by atoms with Crippen LogP contribution in [-0.4, -0.2) is 12.9 Å². The molecule has 0 bridgehead atoms. The van der Waals surface area contributed by atoms with Crippen LogP contribution >= 0.6 is 11.6 Å². The fourth-order valence-electron chi connectivity index (χ4n) is 3.48. The van der Waals surface area contributed by atoms with Crippen molar-refractivity contribution in [3.63, 3.8) is 0 Å². The van der Waals surface area contributed by atoms with Gasteiger partial charge in [0.2, 0.25) is 0 Å². The molecule has 0 spiro atoms. The number of rotatable bonds is 8. The van der Waals surface area contributed by atoms with E-state index in [1.807, 2.05) is 74.5 Å². The number of hydrogen-bond donors (Lipinski definition) is 0. The molecule has 0 radical (unpaired) electrons. The summed E-state index contributed by atoms with van der Waals surface area (Å²) in [7, 11) is 1.64. The monoisotopic (exact) mass is 448 g/mol. The van der Waals surface area contributed by atoms with Crippen molar-refractivity contribution in [3.05, 3.63) is 99.1 Å². The molecule has 3 nitrogen and oxygen atoms in total. The third kappa shape index (κ3) is 5.80. The molecule has 0 N–H and O–H groups in total. The van der Waals surface area contributed by atoms with Crippen molar-refractivity contribution in [2.45, 2.75) is 40.2 Å². The molecule has 0 heterocycles. The number of carbonyl (C=O) groups is 1. The minimum absolute atomic E-state index is 0.0273. The smallest absolute Gasteiger partial charge is 0.185 e. The van der Waals surface area contributed by atoms with Crippen LogP contribution in [0.4, 0.5) is 0 Å². The molecule has 0 saturated heterocycles. The lowest BCUT2D eigenvalue weighted by Crippen LogP contribution is -2.03. The molecule has 166 valence electrons. The number of aryl methyl sites for hydroxylation is 2. The van der Waals surface area contributed by atoms with E-state index in [0.717, 1.165) is 44.3 Å². The van der Waals surface area contributed by atoms with Gasteiger partial charge in [0.15, 0.2) is 5.78 Å². The molecule has 0 aliphatic carbocycles. The van der Waals surface area contributed by atoms with Crippen LogP contribution in [0.25, 0.3) is 6.08 Å². The molecule has 0 aromatic heterocycles. The average Bonchev–Trinajstić information content (AvgIpc) is 2.77. The minimum Gasteiger partial charge on any atom is -0.496 e. The van der Waals surface area contributed by atoms with Gasteiger partial charge in [-0.05, 0) is 72.9 Å². The maximum Gasteiger partial charge on any atom is 0.185 e. The maximum absolute atomic E-state index is 12.5. The Bertz CT molecular complexity index is 1150. The molecule has 4 heteroatoms. The first kappa shape index (κ1) is 23.6. The second kappa shape index (κ2) is 10.5. The zero-order valence-corrected chi connectivity index (χ0v) is 20.0. The third-order valence-electron chi connectivity index (χ3n) is 5.33. The molecule has 3 aromatic carbocycles. The molecular formula is C28H29ClO3. The summed E-state index contributed by atoms with van der Waals surface area (Å²) in [6.45, 7) is 8.52. The van der Waals surface area contributed by atoms with Crippen LogP contribution in [0.3, 0.4) is 0 Å². The standard InChI is InChI=1S/C28H29ClO3/c1-18(2)24-16-25(29)20(4)14-28(24)32-17-23-15-21(10-12-27(23)31-5)9-11-26(30)22-8-6-7-19(3)13-22/h6-16,18H,17H2,1-5H3/b11-9+. The number of allylic oxidation sites excluding steroid dienone is 1. The highest BCUT2D eigenvalue weighted by Gasteiger charge is 2.13. The van der Waals surface area contributed by atoms with Crippen molar-refractivity contribution >= 4 is 23.5 Å². The Morgan fingerprint density at radius 1 is 1.03 bits per heavy atom. The molecule has 0 unspecified atom stereocenters. The number of carbonyl (C=O) groups excluding carboxylic acids is 1. The summed E-state index contributed by atoms with van der Waals surface area (Å²) in [5, 5.41) is 0.740. The molecule has 0 aliphatic heterocycles. The van der Waals surface area contributed by atoms with Crippen molar-refractivity contribution in [1.29, 1.82) is 0 Å². The zero-order valence-electron chi connectivity index (χ0n) is 19.2. The number of halogens is 1. The number of hydrogen-bond acceptors (Lipinski definition) is 3. The lowest BCUT2D eigenvalue weighted by Gasteiger charge is -2.17. The first-order valence-corrected chi connectivity index (χ1v) is 11.0. The summed E-state index contributed by atoms with van der Waals surface area (Å²) in [6, 6.07) is 17.3. The third-order valence-corrected chi connectivity index (χ3v) is 5.74. The van der Waals surface area contributed by atoms with Gasteiger partial charge in [-0.25, -0.2) is 0 Å². The Balaban J connectivity index is 1.81. The van der Waals surface area contributed by atoms with Crippen molar-refractivity contribution in [1.82, 2.24) is 0 Å². The zero-order chi connectivity index (χ0) is 23.3. The molecular weight excluding hydrogens is 420 g/mol. The summed E-state index contributed by atoms with van der Waals surface area (Å²) >= 11 is 6.32. The summed E-state index contributed by atoms with van der Waals surface area (Å²) in [5.41, 5.74) is 5.59. The van der Waals surface area contributed by atoms with Gasteiger partial charge in [-0.15, -0.1) is 0 Å². The molecule has 0 fully saturated rings. The van der Waals surface area contributed by atoms with Gasteiger partial charge in [0.05, 0.1) is 7.11 Å².